The Balaban J connectivity index is 1.90. The molecule has 0 aliphatic rings. The van der Waals surface area contributed by atoms with Gasteiger partial charge in [-0.05, 0) is 35.5 Å². The fourth-order valence-electron chi connectivity index (χ4n) is 2.82. The zero-order valence-electron chi connectivity index (χ0n) is 14.2. The van der Waals surface area contributed by atoms with Crippen molar-refractivity contribution in [1.82, 2.24) is 4.90 Å². The lowest BCUT2D eigenvalue weighted by Crippen LogP contribution is -2.35. The van der Waals surface area contributed by atoms with Gasteiger partial charge < -0.3 is 10.2 Å². The molecule has 0 spiro atoms. The molecule has 0 atom stereocenters. The van der Waals surface area contributed by atoms with Crippen LogP contribution in [0.25, 0.3) is 0 Å². The number of benzene rings is 3. The number of hydrogen-bond acceptors (Lipinski definition) is 1. The van der Waals surface area contributed by atoms with Crippen LogP contribution in [0.15, 0.2) is 78.9 Å². The molecule has 1 N–H and O–H groups in total. The van der Waals surface area contributed by atoms with Gasteiger partial charge in [0.25, 0.3) is 0 Å². The van der Waals surface area contributed by atoms with E-state index < -0.39 is 11.6 Å². The molecule has 0 amide bonds. The zero-order valence-corrected chi connectivity index (χ0v) is 15.0. The molecule has 0 aromatic heterocycles. The molecule has 0 aliphatic carbocycles. The maximum Gasteiger partial charge on any atom is 0.174 e. The van der Waals surface area contributed by atoms with Crippen molar-refractivity contribution in [3.63, 3.8) is 0 Å². The number of rotatable bonds is 4. The third-order valence-electron chi connectivity index (χ3n) is 4.11. The fraction of sp³-hybridized carbons (Fsp3) is 0.0952. The van der Waals surface area contributed by atoms with Crippen LogP contribution < -0.4 is 5.32 Å². The summed E-state index contributed by atoms with van der Waals surface area (Å²) in [6.07, 6.45) is 0. The first-order valence-electron chi connectivity index (χ1n) is 8.15. The van der Waals surface area contributed by atoms with Gasteiger partial charge in [0.05, 0.1) is 11.7 Å². The Labute approximate surface area is 157 Å². The Morgan fingerprint density at radius 1 is 0.885 bits per heavy atom. The Hall–Kier alpha value is -2.79. The average Bonchev–Trinajstić information content (AvgIpc) is 2.66. The van der Waals surface area contributed by atoms with E-state index in [1.165, 1.54) is 12.1 Å². The Morgan fingerprint density at radius 2 is 1.42 bits per heavy atom. The van der Waals surface area contributed by atoms with Crippen LogP contribution in [0, 0.1) is 11.6 Å². The molecule has 0 aliphatic heterocycles. The summed E-state index contributed by atoms with van der Waals surface area (Å²) in [4.78, 5) is 1.86. The second kappa shape index (κ2) is 8.06. The summed E-state index contributed by atoms with van der Waals surface area (Å²) in [5.41, 5.74) is 2.26. The Bertz CT molecular complexity index is 846. The highest BCUT2D eigenvalue weighted by atomic mass is 32.1. The number of thiocarbonyl (C=S) groups is 1. The van der Waals surface area contributed by atoms with Gasteiger partial charge in [0.2, 0.25) is 0 Å². The van der Waals surface area contributed by atoms with E-state index in [4.69, 9.17) is 12.2 Å². The molecule has 0 radical (unpaired) electrons. The second-order valence-corrected chi connectivity index (χ2v) is 6.28. The maximum atomic E-state index is 13.9. The van der Waals surface area contributed by atoms with Crippen LogP contribution in [-0.2, 0) is 0 Å². The molecule has 2 nitrogen and oxygen atoms in total. The summed E-state index contributed by atoms with van der Waals surface area (Å²) in [5, 5.41) is 3.21. The van der Waals surface area contributed by atoms with E-state index in [0.29, 0.717) is 5.11 Å². The lowest BCUT2D eigenvalue weighted by Gasteiger charge is -2.31. The molecular formula is C21H18F2N2S. The molecule has 0 bridgehead atoms. The van der Waals surface area contributed by atoms with Gasteiger partial charge in [0.15, 0.2) is 5.11 Å². The zero-order chi connectivity index (χ0) is 18.5. The minimum absolute atomic E-state index is 0.138. The number of nitrogens with one attached hydrogen (secondary N) is 1. The summed E-state index contributed by atoms with van der Waals surface area (Å²) in [6.45, 7) is 0. The first-order chi connectivity index (χ1) is 12.6. The van der Waals surface area contributed by atoms with Gasteiger partial charge in [-0.25, -0.2) is 8.78 Å². The van der Waals surface area contributed by atoms with Gasteiger partial charge >= 0.3 is 0 Å². The molecular weight excluding hydrogens is 350 g/mol. The van der Waals surface area contributed by atoms with Crippen molar-refractivity contribution in [3.8, 4) is 0 Å². The van der Waals surface area contributed by atoms with Gasteiger partial charge in [-0.3, -0.25) is 0 Å². The van der Waals surface area contributed by atoms with Crippen molar-refractivity contribution >= 4 is 23.0 Å². The van der Waals surface area contributed by atoms with Gasteiger partial charge in [-0.2, -0.15) is 0 Å². The molecule has 0 unspecified atom stereocenters. The summed E-state index contributed by atoms with van der Waals surface area (Å²) >= 11 is 5.48. The van der Waals surface area contributed by atoms with Crippen molar-refractivity contribution in [2.24, 2.45) is 0 Å². The highest BCUT2D eigenvalue weighted by Gasteiger charge is 2.21. The Kier molecular flexibility index (Phi) is 5.58. The molecule has 0 heterocycles. The first-order valence-corrected chi connectivity index (χ1v) is 8.56. The standard InChI is InChI=1S/C21H18F2N2S/c1-25(21(26)24-19-13-12-17(22)14-18(19)23)20(15-8-4-2-5-9-15)16-10-6-3-7-11-16/h2-14,20H,1H3,(H,24,26). The van der Waals surface area contributed by atoms with Crippen molar-refractivity contribution in [2.45, 2.75) is 6.04 Å². The lowest BCUT2D eigenvalue weighted by molar-refractivity contribution is 0.433. The average molecular weight is 368 g/mol. The van der Waals surface area contributed by atoms with Crippen molar-refractivity contribution in [3.05, 3.63) is 102 Å². The summed E-state index contributed by atoms with van der Waals surface area (Å²) < 4.78 is 27.0. The molecule has 0 saturated heterocycles. The van der Waals surface area contributed by atoms with Crippen molar-refractivity contribution in [1.29, 1.82) is 0 Å². The van der Waals surface area contributed by atoms with E-state index in [-0.39, 0.29) is 11.7 Å². The molecule has 132 valence electrons. The highest BCUT2D eigenvalue weighted by molar-refractivity contribution is 7.80. The van der Waals surface area contributed by atoms with E-state index >= 15 is 0 Å². The number of hydrogen-bond donors (Lipinski definition) is 1. The van der Waals surface area contributed by atoms with Crippen molar-refractivity contribution in [2.75, 3.05) is 12.4 Å². The van der Waals surface area contributed by atoms with E-state index in [1.54, 1.807) is 0 Å². The highest BCUT2D eigenvalue weighted by Crippen LogP contribution is 2.28. The monoisotopic (exact) mass is 368 g/mol. The van der Waals surface area contributed by atoms with Crippen LogP contribution in [0.3, 0.4) is 0 Å². The number of anilines is 1. The molecule has 0 saturated carbocycles. The first kappa shape index (κ1) is 18.0. The molecule has 3 aromatic rings. The molecule has 26 heavy (non-hydrogen) atoms. The summed E-state index contributed by atoms with van der Waals surface area (Å²) in [6, 6.07) is 23.1. The molecule has 0 fully saturated rings. The third-order valence-corrected chi connectivity index (χ3v) is 4.50. The summed E-state index contributed by atoms with van der Waals surface area (Å²) in [5.74, 6) is -1.31. The smallest absolute Gasteiger partial charge is 0.174 e. The van der Waals surface area contributed by atoms with E-state index in [1.807, 2.05) is 72.6 Å². The number of halogens is 2. The van der Waals surface area contributed by atoms with E-state index in [9.17, 15) is 8.78 Å². The van der Waals surface area contributed by atoms with Crippen LogP contribution in [0.1, 0.15) is 17.2 Å². The molecule has 3 rings (SSSR count). The predicted octanol–water partition coefficient (Wildman–Crippen LogP) is 5.38. The molecule has 5 heteroatoms. The number of nitrogens with zero attached hydrogens (tertiary/aromatic N) is 1. The second-order valence-electron chi connectivity index (χ2n) is 5.89. The third kappa shape index (κ3) is 4.06. The predicted molar refractivity (Wildman–Crippen MR) is 105 cm³/mol. The minimum atomic E-state index is -0.684. The van der Waals surface area contributed by atoms with E-state index in [0.717, 1.165) is 17.2 Å². The fourth-order valence-corrected chi connectivity index (χ4v) is 3.04. The lowest BCUT2D eigenvalue weighted by atomic mass is 9.98. The quantitative estimate of drug-likeness (QED) is 0.622. The van der Waals surface area contributed by atoms with Gasteiger partial charge in [-0.1, -0.05) is 60.7 Å². The van der Waals surface area contributed by atoms with Crippen molar-refractivity contribution < 1.29 is 8.78 Å². The summed E-state index contributed by atoms with van der Waals surface area (Å²) in [7, 11) is 1.85. The topological polar surface area (TPSA) is 15.3 Å². The SMILES string of the molecule is CN(C(=S)Nc1ccc(F)cc1F)C(c1ccccc1)c1ccccc1. The Morgan fingerprint density at radius 3 is 1.92 bits per heavy atom. The van der Waals surface area contributed by atoms with Crippen LogP contribution in [-0.4, -0.2) is 17.1 Å². The van der Waals surface area contributed by atoms with Gasteiger partial charge in [0, 0.05) is 13.1 Å². The van der Waals surface area contributed by atoms with Gasteiger partial charge in [0.1, 0.15) is 11.6 Å². The maximum absolute atomic E-state index is 13.9. The van der Waals surface area contributed by atoms with Crippen LogP contribution in [0.4, 0.5) is 14.5 Å². The van der Waals surface area contributed by atoms with E-state index in [2.05, 4.69) is 5.32 Å². The largest absolute Gasteiger partial charge is 0.341 e. The van der Waals surface area contributed by atoms with Gasteiger partial charge in [-0.15, -0.1) is 0 Å². The minimum Gasteiger partial charge on any atom is -0.341 e. The normalized spacial score (nSPS) is 10.6. The van der Waals surface area contributed by atoms with Crippen LogP contribution >= 0.6 is 12.2 Å². The van der Waals surface area contributed by atoms with Crippen LogP contribution in [0.2, 0.25) is 0 Å². The van der Waals surface area contributed by atoms with Crippen LogP contribution in [0.5, 0.6) is 0 Å². The molecule has 3 aromatic carbocycles.